The van der Waals surface area contributed by atoms with Gasteiger partial charge in [0.25, 0.3) is 0 Å². The second kappa shape index (κ2) is 2.73. The van der Waals surface area contributed by atoms with Crippen LogP contribution in [0.15, 0.2) is 0 Å². The van der Waals surface area contributed by atoms with Crippen molar-refractivity contribution >= 4 is 5.97 Å². The first kappa shape index (κ1) is 8.05. The van der Waals surface area contributed by atoms with E-state index in [1.165, 1.54) is 7.11 Å². The van der Waals surface area contributed by atoms with Crippen LogP contribution in [0.3, 0.4) is 0 Å². The molecular weight excluding hydrogens is 156 g/mol. The molecule has 2 bridgehead atoms. The molecule has 0 aromatic heterocycles. The van der Waals surface area contributed by atoms with Gasteiger partial charge in [0.2, 0.25) is 0 Å². The number of hydrogen-bond donors (Lipinski definition) is 1. The van der Waals surface area contributed by atoms with Gasteiger partial charge in [-0.05, 0) is 31.1 Å². The highest BCUT2D eigenvalue weighted by Gasteiger charge is 2.51. The van der Waals surface area contributed by atoms with Gasteiger partial charge in [0.1, 0.15) is 0 Å². The van der Waals surface area contributed by atoms with Crippen LogP contribution in [0.1, 0.15) is 19.3 Å². The predicted molar refractivity (Wildman–Crippen MR) is 42.3 cm³/mol. The third-order valence-electron chi connectivity index (χ3n) is 3.35. The third kappa shape index (κ3) is 0.959. The monoisotopic (exact) mass is 170 g/mol. The number of rotatable bonds is 1. The standard InChI is InChI=1S/C9H14O3/c1-12-9(11)8-5-2-3-6(8)7(10)4-5/h5-8,10H,2-4H2,1H3/t5-,6-,7+,8-/m0/s1. The number of carbonyl (C=O) groups excluding carboxylic acids is 1. The first-order valence-corrected chi connectivity index (χ1v) is 4.50. The Labute approximate surface area is 71.7 Å². The van der Waals surface area contributed by atoms with E-state index in [2.05, 4.69) is 0 Å². The van der Waals surface area contributed by atoms with E-state index in [9.17, 15) is 9.90 Å². The Hall–Kier alpha value is -0.570. The second-order valence-electron chi connectivity index (χ2n) is 3.85. The minimum Gasteiger partial charge on any atom is -0.469 e. The molecule has 4 atom stereocenters. The lowest BCUT2D eigenvalue weighted by atomic mass is 9.97. The zero-order valence-corrected chi connectivity index (χ0v) is 7.19. The SMILES string of the molecule is COC(=O)[C@H]1[C@H]2CC[C@H]1[C@H](O)C2. The summed E-state index contributed by atoms with van der Waals surface area (Å²) in [4.78, 5) is 11.3. The molecule has 2 aliphatic carbocycles. The number of methoxy groups -OCH3 is 1. The van der Waals surface area contributed by atoms with Gasteiger partial charge >= 0.3 is 5.97 Å². The fourth-order valence-corrected chi connectivity index (χ4v) is 2.80. The Morgan fingerprint density at radius 2 is 2.25 bits per heavy atom. The molecule has 2 rings (SSSR count). The molecular formula is C9H14O3. The molecule has 2 fully saturated rings. The Morgan fingerprint density at radius 1 is 1.50 bits per heavy atom. The van der Waals surface area contributed by atoms with Gasteiger partial charge in [0.15, 0.2) is 0 Å². The van der Waals surface area contributed by atoms with E-state index < -0.39 is 0 Å². The summed E-state index contributed by atoms with van der Waals surface area (Å²) in [6.45, 7) is 0. The van der Waals surface area contributed by atoms with Crippen molar-refractivity contribution in [3.8, 4) is 0 Å². The number of aliphatic hydroxyl groups excluding tert-OH is 1. The molecule has 2 saturated carbocycles. The summed E-state index contributed by atoms with van der Waals surface area (Å²) in [5, 5.41) is 9.53. The van der Waals surface area contributed by atoms with Gasteiger partial charge < -0.3 is 9.84 Å². The van der Waals surface area contributed by atoms with Crippen molar-refractivity contribution in [2.24, 2.45) is 17.8 Å². The number of ether oxygens (including phenoxy) is 1. The van der Waals surface area contributed by atoms with Crippen molar-refractivity contribution in [2.75, 3.05) is 7.11 Å². The van der Waals surface area contributed by atoms with Crippen LogP contribution in [0.5, 0.6) is 0 Å². The average molecular weight is 170 g/mol. The van der Waals surface area contributed by atoms with Gasteiger partial charge in [-0.3, -0.25) is 4.79 Å². The first-order chi connectivity index (χ1) is 5.74. The topological polar surface area (TPSA) is 46.5 Å². The predicted octanol–water partition coefficient (Wildman–Crippen LogP) is 0.566. The molecule has 68 valence electrons. The van der Waals surface area contributed by atoms with E-state index in [0.29, 0.717) is 5.92 Å². The van der Waals surface area contributed by atoms with Crippen molar-refractivity contribution in [1.82, 2.24) is 0 Å². The summed E-state index contributed by atoms with van der Waals surface area (Å²) in [5.41, 5.74) is 0. The lowest BCUT2D eigenvalue weighted by molar-refractivity contribution is -0.147. The van der Waals surface area contributed by atoms with Crippen molar-refractivity contribution in [3.63, 3.8) is 0 Å². The summed E-state index contributed by atoms with van der Waals surface area (Å²) in [7, 11) is 1.42. The van der Waals surface area contributed by atoms with E-state index in [4.69, 9.17) is 4.74 Å². The fourth-order valence-electron chi connectivity index (χ4n) is 2.80. The molecule has 0 aromatic carbocycles. The number of carbonyl (C=O) groups is 1. The van der Waals surface area contributed by atoms with Crippen LogP contribution >= 0.6 is 0 Å². The van der Waals surface area contributed by atoms with E-state index in [-0.39, 0.29) is 23.9 Å². The van der Waals surface area contributed by atoms with Crippen LogP contribution in [-0.4, -0.2) is 24.3 Å². The Morgan fingerprint density at radius 3 is 2.67 bits per heavy atom. The average Bonchev–Trinajstić information content (AvgIpc) is 2.59. The van der Waals surface area contributed by atoms with E-state index in [1.54, 1.807) is 0 Å². The normalized spacial score (nSPS) is 44.8. The molecule has 3 heteroatoms. The van der Waals surface area contributed by atoms with Crippen molar-refractivity contribution in [3.05, 3.63) is 0 Å². The van der Waals surface area contributed by atoms with Gasteiger partial charge in [-0.15, -0.1) is 0 Å². The van der Waals surface area contributed by atoms with Gasteiger partial charge in [0, 0.05) is 0 Å². The molecule has 0 amide bonds. The molecule has 1 N–H and O–H groups in total. The van der Waals surface area contributed by atoms with Crippen LogP contribution in [0.25, 0.3) is 0 Å². The minimum absolute atomic E-state index is 0.00926. The van der Waals surface area contributed by atoms with Crippen LogP contribution < -0.4 is 0 Å². The van der Waals surface area contributed by atoms with Crippen molar-refractivity contribution in [1.29, 1.82) is 0 Å². The quantitative estimate of drug-likeness (QED) is 0.585. The maximum absolute atomic E-state index is 11.3. The molecule has 12 heavy (non-hydrogen) atoms. The van der Waals surface area contributed by atoms with Gasteiger partial charge in [0.05, 0.1) is 19.1 Å². The van der Waals surface area contributed by atoms with Crippen molar-refractivity contribution in [2.45, 2.75) is 25.4 Å². The third-order valence-corrected chi connectivity index (χ3v) is 3.35. The summed E-state index contributed by atoms with van der Waals surface area (Å²) in [6, 6.07) is 0. The lowest BCUT2D eigenvalue weighted by Gasteiger charge is -2.15. The molecule has 0 radical (unpaired) electrons. The van der Waals surface area contributed by atoms with E-state index in [1.807, 2.05) is 0 Å². The molecule has 0 aliphatic heterocycles. The van der Waals surface area contributed by atoms with Crippen LogP contribution in [0.2, 0.25) is 0 Å². The summed E-state index contributed by atoms with van der Waals surface area (Å²) >= 11 is 0. The minimum atomic E-state index is -0.257. The highest BCUT2D eigenvalue weighted by atomic mass is 16.5. The van der Waals surface area contributed by atoms with Crippen LogP contribution in [-0.2, 0) is 9.53 Å². The highest BCUT2D eigenvalue weighted by molar-refractivity contribution is 5.74. The molecule has 3 nitrogen and oxygen atoms in total. The zero-order chi connectivity index (χ0) is 8.72. The molecule has 0 saturated heterocycles. The van der Waals surface area contributed by atoms with Crippen LogP contribution in [0.4, 0.5) is 0 Å². The largest absolute Gasteiger partial charge is 0.469 e. The fraction of sp³-hybridized carbons (Fsp3) is 0.889. The maximum Gasteiger partial charge on any atom is 0.309 e. The summed E-state index contributed by atoms with van der Waals surface area (Å²) in [6.07, 6.45) is 2.62. The van der Waals surface area contributed by atoms with E-state index in [0.717, 1.165) is 19.3 Å². The summed E-state index contributed by atoms with van der Waals surface area (Å²) < 4.78 is 4.71. The van der Waals surface area contributed by atoms with Gasteiger partial charge in [-0.2, -0.15) is 0 Å². The van der Waals surface area contributed by atoms with Crippen molar-refractivity contribution < 1.29 is 14.6 Å². The molecule has 2 aliphatic rings. The molecule has 0 spiro atoms. The lowest BCUT2D eigenvalue weighted by Crippen LogP contribution is -2.23. The number of esters is 1. The summed E-state index contributed by atoms with van der Waals surface area (Å²) in [5.74, 6) is 0.434. The maximum atomic E-state index is 11.3. The smallest absolute Gasteiger partial charge is 0.309 e. The Kier molecular flexibility index (Phi) is 1.83. The first-order valence-electron chi connectivity index (χ1n) is 4.50. The number of hydrogen-bond acceptors (Lipinski definition) is 3. The molecule has 0 aromatic rings. The Balaban J connectivity index is 2.13. The van der Waals surface area contributed by atoms with Crippen LogP contribution in [0, 0.1) is 17.8 Å². The molecule has 0 unspecified atom stereocenters. The second-order valence-corrected chi connectivity index (χ2v) is 3.85. The number of aliphatic hydroxyl groups is 1. The highest BCUT2D eigenvalue weighted by Crippen LogP contribution is 2.49. The van der Waals surface area contributed by atoms with E-state index >= 15 is 0 Å². The van der Waals surface area contributed by atoms with Gasteiger partial charge in [-0.1, -0.05) is 0 Å². The zero-order valence-electron chi connectivity index (χ0n) is 7.19. The number of fused-ring (bicyclic) bond motifs is 2. The Bertz CT molecular complexity index is 202. The molecule has 0 heterocycles. The van der Waals surface area contributed by atoms with Gasteiger partial charge in [-0.25, -0.2) is 0 Å².